The van der Waals surface area contributed by atoms with Crippen LogP contribution in [0.25, 0.3) is 0 Å². The molecule has 1 aliphatic rings. The lowest BCUT2D eigenvalue weighted by Gasteiger charge is -2.31. The molecule has 0 unspecified atom stereocenters. The Hall–Kier alpha value is -1.58. The van der Waals surface area contributed by atoms with Crippen LogP contribution in [0.4, 0.5) is 11.5 Å². The summed E-state index contributed by atoms with van der Waals surface area (Å²) in [5.74, 6) is 0.850. The second kappa shape index (κ2) is 5.43. The number of aromatic nitrogens is 1. The second-order valence-corrected chi connectivity index (χ2v) is 5.59. The number of halogens is 1. The van der Waals surface area contributed by atoms with E-state index in [1.54, 1.807) is 6.20 Å². The molecule has 0 amide bonds. The fourth-order valence-corrected chi connectivity index (χ4v) is 2.86. The van der Waals surface area contributed by atoms with Crippen LogP contribution in [0.15, 0.2) is 30.5 Å². The van der Waals surface area contributed by atoms with Crippen molar-refractivity contribution in [1.29, 1.82) is 0 Å². The smallest absolute Gasteiger partial charge is 0.133 e. The third-order valence-corrected chi connectivity index (χ3v) is 4.06. The van der Waals surface area contributed by atoms with Crippen molar-refractivity contribution in [2.24, 2.45) is 0 Å². The SMILES string of the molecule is Cc1ccc2c(c1)CCCN2c1cc(CO)c(Cl)cn1. The van der Waals surface area contributed by atoms with E-state index in [9.17, 15) is 5.11 Å². The van der Waals surface area contributed by atoms with Gasteiger partial charge in [0.1, 0.15) is 5.82 Å². The van der Waals surface area contributed by atoms with Crippen molar-refractivity contribution in [3.63, 3.8) is 0 Å². The van der Waals surface area contributed by atoms with Crippen molar-refractivity contribution < 1.29 is 5.11 Å². The molecule has 1 aliphatic heterocycles. The number of benzene rings is 1. The summed E-state index contributed by atoms with van der Waals surface area (Å²) in [6.45, 7) is 2.99. The van der Waals surface area contributed by atoms with Crippen molar-refractivity contribution in [1.82, 2.24) is 4.98 Å². The van der Waals surface area contributed by atoms with Gasteiger partial charge in [-0.1, -0.05) is 29.3 Å². The average molecular weight is 289 g/mol. The number of fused-ring (bicyclic) bond motifs is 1. The van der Waals surface area contributed by atoms with E-state index in [0.717, 1.165) is 30.8 Å². The van der Waals surface area contributed by atoms with E-state index in [4.69, 9.17) is 11.6 Å². The highest BCUT2D eigenvalue weighted by atomic mass is 35.5. The molecule has 0 bridgehead atoms. The fraction of sp³-hybridized carbons (Fsp3) is 0.312. The molecule has 2 heterocycles. The summed E-state index contributed by atoms with van der Waals surface area (Å²) in [5, 5.41) is 9.85. The normalized spacial score (nSPS) is 14.2. The van der Waals surface area contributed by atoms with Crippen LogP contribution in [-0.2, 0) is 13.0 Å². The summed E-state index contributed by atoms with van der Waals surface area (Å²) < 4.78 is 0. The van der Waals surface area contributed by atoms with E-state index < -0.39 is 0 Å². The topological polar surface area (TPSA) is 36.4 Å². The van der Waals surface area contributed by atoms with Crippen LogP contribution in [-0.4, -0.2) is 16.6 Å². The number of nitrogens with zero attached hydrogens (tertiary/aromatic N) is 2. The molecular weight excluding hydrogens is 272 g/mol. The van der Waals surface area contributed by atoms with E-state index in [0.29, 0.717) is 5.02 Å². The van der Waals surface area contributed by atoms with Gasteiger partial charge in [0.25, 0.3) is 0 Å². The van der Waals surface area contributed by atoms with Gasteiger partial charge in [0.05, 0.1) is 11.6 Å². The van der Waals surface area contributed by atoms with E-state index in [-0.39, 0.29) is 6.61 Å². The quantitative estimate of drug-likeness (QED) is 0.917. The van der Waals surface area contributed by atoms with Gasteiger partial charge in [-0.15, -0.1) is 0 Å². The monoisotopic (exact) mass is 288 g/mol. The average Bonchev–Trinajstić information content (AvgIpc) is 2.47. The van der Waals surface area contributed by atoms with Crippen LogP contribution in [0.2, 0.25) is 5.02 Å². The van der Waals surface area contributed by atoms with Crippen molar-refractivity contribution in [3.8, 4) is 0 Å². The summed E-state index contributed by atoms with van der Waals surface area (Å²) in [4.78, 5) is 6.62. The number of rotatable bonds is 2. The second-order valence-electron chi connectivity index (χ2n) is 5.18. The summed E-state index contributed by atoms with van der Waals surface area (Å²) >= 11 is 6.02. The van der Waals surface area contributed by atoms with Crippen LogP contribution in [0.3, 0.4) is 0 Å². The Balaban J connectivity index is 2.04. The molecule has 0 spiro atoms. The maximum Gasteiger partial charge on any atom is 0.133 e. The van der Waals surface area contributed by atoms with Gasteiger partial charge in [0.2, 0.25) is 0 Å². The van der Waals surface area contributed by atoms with Crippen LogP contribution in [0.1, 0.15) is 23.1 Å². The van der Waals surface area contributed by atoms with Gasteiger partial charge in [-0.2, -0.15) is 0 Å². The fourth-order valence-electron chi connectivity index (χ4n) is 2.70. The molecule has 4 heteroatoms. The molecule has 0 radical (unpaired) electrons. The standard InChI is InChI=1S/C16H17ClN2O/c1-11-4-5-15-12(7-11)3-2-6-19(15)16-8-13(10-20)14(17)9-18-16/h4-5,7-9,20H,2-3,6,10H2,1H3. The number of pyridine rings is 1. The molecule has 20 heavy (non-hydrogen) atoms. The summed E-state index contributed by atoms with van der Waals surface area (Å²) in [6, 6.07) is 8.39. The molecule has 2 aromatic rings. The van der Waals surface area contributed by atoms with E-state index in [2.05, 4.69) is 35.0 Å². The van der Waals surface area contributed by atoms with E-state index >= 15 is 0 Å². The number of hydrogen-bond acceptors (Lipinski definition) is 3. The molecule has 0 atom stereocenters. The third-order valence-electron chi connectivity index (χ3n) is 3.72. The first-order valence-electron chi connectivity index (χ1n) is 6.81. The number of anilines is 2. The van der Waals surface area contributed by atoms with Crippen molar-refractivity contribution in [2.45, 2.75) is 26.4 Å². The molecule has 3 nitrogen and oxygen atoms in total. The minimum absolute atomic E-state index is 0.0665. The Kier molecular flexibility index (Phi) is 3.64. The zero-order chi connectivity index (χ0) is 14.1. The van der Waals surface area contributed by atoms with Gasteiger partial charge in [0, 0.05) is 24.0 Å². The molecule has 0 saturated carbocycles. The molecule has 1 aromatic heterocycles. The lowest BCUT2D eigenvalue weighted by molar-refractivity contribution is 0.282. The molecule has 104 valence electrons. The van der Waals surface area contributed by atoms with Gasteiger partial charge < -0.3 is 10.0 Å². The Morgan fingerprint density at radius 2 is 2.20 bits per heavy atom. The highest BCUT2D eigenvalue weighted by Gasteiger charge is 2.19. The Morgan fingerprint density at radius 1 is 1.35 bits per heavy atom. The van der Waals surface area contributed by atoms with Crippen molar-refractivity contribution in [2.75, 3.05) is 11.4 Å². The van der Waals surface area contributed by atoms with Gasteiger partial charge in [-0.25, -0.2) is 4.98 Å². The zero-order valence-electron chi connectivity index (χ0n) is 11.4. The molecule has 0 fully saturated rings. The molecule has 0 saturated heterocycles. The Morgan fingerprint density at radius 3 is 3.00 bits per heavy atom. The number of aryl methyl sites for hydroxylation is 2. The van der Waals surface area contributed by atoms with Gasteiger partial charge >= 0.3 is 0 Å². The Bertz CT molecular complexity index is 642. The molecule has 1 aromatic carbocycles. The first-order valence-corrected chi connectivity index (χ1v) is 7.19. The maximum atomic E-state index is 9.34. The predicted molar refractivity (Wildman–Crippen MR) is 81.7 cm³/mol. The lowest BCUT2D eigenvalue weighted by atomic mass is 9.99. The van der Waals surface area contributed by atoms with Crippen LogP contribution in [0, 0.1) is 6.92 Å². The molecule has 3 rings (SSSR count). The predicted octanol–water partition coefficient (Wildman–Crippen LogP) is 3.62. The Labute approximate surface area is 123 Å². The highest BCUT2D eigenvalue weighted by Crippen LogP contribution is 2.34. The van der Waals surface area contributed by atoms with Crippen molar-refractivity contribution >= 4 is 23.1 Å². The van der Waals surface area contributed by atoms with E-state index in [1.165, 1.54) is 16.8 Å². The van der Waals surface area contributed by atoms with Gasteiger partial charge in [0.15, 0.2) is 0 Å². The maximum absolute atomic E-state index is 9.34. The zero-order valence-corrected chi connectivity index (χ0v) is 12.2. The minimum Gasteiger partial charge on any atom is -0.392 e. The van der Waals surface area contributed by atoms with E-state index in [1.807, 2.05) is 6.07 Å². The number of aliphatic hydroxyl groups is 1. The minimum atomic E-state index is -0.0665. The van der Waals surface area contributed by atoms with Crippen LogP contribution < -0.4 is 4.90 Å². The van der Waals surface area contributed by atoms with Crippen molar-refractivity contribution in [3.05, 3.63) is 52.2 Å². The molecule has 1 N–H and O–H groups in total. The molecule has 0 aliphatic carbocycles. The van der Waals surface area contributed by atoms with Crippen LogP contribution >= 0.6 is 11.6 Å². The first-order chi connectivity index (χ1) is 9.69. The highest BCUT2D eigenvalue weighted by molar-refractivity contribution is 6.31. The number of hydrogen-bond donors (Lipinski definition) is 1. The lowest BCUT2D eigenvalue weighted by Crippen LogP contribution is -2.25. The summed E-state index contributed by atoms with van der Waals surface area (Å²) in [6.07, 6.45) is 3.83. The summed E-state index contributed by atoms with van der Waals surface area (Å²) in [5.41, 5.74) is 4.57. The first kappa shape index (κ1) is 13.4. The largest absolute Gasteiger partial charge is 0.392 e. The van der Waals surface area contributed by atoms with Gasteiger partial charge in [-0.05, 0) is 37.5 Å². The number of aliphatic hydroxyl groups excluding tert-OH is 1. The summed E-state index contributed by atoms with van der Waals surface area (Å²) in [7, 11) is 0. The van der Waals surface area contributed by atoms with Gasteiger partial charge in [-0.3, -0.25) is 0 Å². The molecular formula is C16H17ClN2O. The third kappa shape index (κ3) is 2.39. The van der Waals surface area contributed by atoms with Crippen LogP contribution in [0.5, 0.6) is 0 Å².